The monoisotopic (exact) mass is 576 g/mol. The highest BCUT2D eigenvalue weighted by molar-refractivity contribution is 5.93. The highest BCUT2D eigenvalue weighted by atomic mass is 16.6. The molecule has 5 fully saturated rings. The molecule has 4 aliphatic carbocycles. The molecular formula is C31H44O10. The Morgan fingerprint density at radius 1 is 0.951 bits per heavy atom. The number of carbonyl (C=O) groups is 5. The topological polar surface area (TPSA) is 132 Å². The summed E-state index contributed by atoms with van der Waals surface area (Å²) in [7, 11) is 0. The van der Waals surface area contributed by atoms with E-state index in [4.69, 9.17) is 23.7 Å². The normalized spacial score (nSPS) is 46.5. The van der Waals surface area contributed by atoms with Crippen molar-refractivity contribution >= 4 is 29.7 Å². The number of hydrogen-bond donors (Lipinski definition) is 0. The molecule has 0 spiro atoms. The lowest BCUT2D eigenvalue weighted by Crippen LogP contribution is -2.73. The number of esters is 4. The fourth-order valence-electron chi connectivity index (χ4n) is 9.51. The molecule has 10 nitrogen and oxygen atoms in total. The van der Waals surface area contributed by atoms with Crippen LogP contribution in [0.25, 0.3) is 0 Å². The van der Waals surface area contributed by atoms with Gasteiger partial charge in [0, 0.05) is 50.4 Å². The Morgan fingerprint density at radius 3 is 2.20 bits per heavy atom. The summed E-state index contributed by atoms with van der Waals surface area (Å²) in [6, 6.07) is 0. The smallest absolute Gasteiger partial charge is 0.309 e. The van der Waals surface area contributed by atoms with Gasteiger partial charge >= 0.3 is 23.9 Å². The summed E-state index contributed by atoms with van der Waals surface area (Å²) in [5.41, 5.74) is -3.12. The molecule has 13 atom stereocenters. The second kappa shape index (κ2) is 10.1. The number of rotatable bonds is 6. The number of Topliss-reactive ketones (excluding diaryl/α,β-unsaturated/α-hetero) is 1. The van der Waals surface area contributed by atoms with Crippen LogP contribution in [0.2, 0.25) is 0 Å². The summed E-state index contributed by atoms with van der Waals surface area (Å²) in [4.78, 5) is 64.8. The maximum absolute atomic E-state index is 14.8. The van der Waals surface area contributed by atoms with E-state index < -0.39 is 64.7 Å². The first-order valence-electron chi connectivity index (χ1n) is 15.0. The Hall–Kier alpha value is -2.49. The van der Waals surface area contributed by atoms with Crippen molar-refractivity contribution in [2.75, 3.05) is 6.61 Å². The van der Waals surface area contributed by atoms with Gasteiger partial charge in [-0.1, -0.05) is 20.8 Å². The van der Waals surface area contributed by atoms with Crippen LogP contribution in [0.4, 0.5) is 0 Å². The molecule has 228 valence electrons. The largest absolute Gasteiger partial charge is 0.462 e. The molecule has 0 radical (unpaired) electrons. The molecule has 1 saturated heterocycles. The van der Waals surface area contributed by atoms with Crippen LogP contribution in [-0.2, 0) is 47.7 Å². The van der Waals surface area contributed by atoms with Gasteiger partial charge in [-0.3, -0.25) is 24.0 Å². The SMILES string of the molecule is CCC(C)C(=O)O[C@H]1C(=O)[C@@]23CO[C@@](C)([C@H](OC(C)=O)[C@@H]4C[C@H](C)[C@H](OC(C)=O)[C@H]4C2)[C@@H]3[C@@H]2[C@H]1C[C@]2(C)OC(C)=O. The number of ketones is 1. The predicted octanol–water partition coefficient (Wildman–Crippen LogP) is 3.42. The van der Waals surface area contributed by atoms with Gasteiger partial charge in [-0.2, -0.15) is 0 Å². The van der Waals surface area contributed by atoms with Gasteiger partial charge in [0.2, 0.25) is 0 Å². The zero-order chi connectivity index (χ0) is 30.2. The van der Waals surface area contributed by atoms with Gasteiger partial charge in [0.05, 0.1) is 17.9 Å². The molecule has 5 aliphatic rings. The quantitative estimate of drug-likeness (QED) is 0.342. The molecular weight excluding hydrogens is 532 g/mol. The van der Waals surface area contributed by atoms with Gasteiger partial charge in [-0.15, -0.1) is 0 Å². The summed E-state index contributed by atoms with van der Waals surface area (Å²) in [5, 5.41) is 0. The minimum atomic E-state index is -1.11. The highest BCUT2D eigenvalue weighted by Gasteiger charge is 2.80. The van der Waals surface area contributed by atoms with Gasteiger partial charge in [0.25, 0.3) is 0 Å². The lowest BCUT2D eigenvalue weighted by atomic mass is 9.42. The number of fused-ring (bicyclic) bond motifs is 2. The van der Waals surface area contributed by atoms with Crippen molar-refractivity contribution in [3.8, 4) is 0 Å². The van der Waals surface area contributed by atoms with E-state index >= 15 is 0 Å². The molecule has 4 saturated carbocycles. The second-order valence-electron chi connectivity index (χ2n) is 13.8. The molecule has 0 aromatic carbocycles. The molecule has 1 heterocycles. The molecule has 1 unspecified atom stereocenters. The number of hydrogen-bond acceptors (Lipinski definition) is 10. The zero-order valence-electron chi connectivity index (χ0n) is 25.4. The van der Waals surface area contributed by atoms with Crippen LogP contribution in [0.3, 0.4) is 0 Å². The summed E-state index contributed by atoms with van der Waals surface area (Å²) in [5.74, 6) is -4.08. The van der Waals surface area contributed by atoms with Crippen LogP contribution in [0.1, 0.15) is 81.1 Å². The Morgan fingerprint density at radius 2 is 1.61 bits per heavy atom. The molecule has 2 bridgehead atoms. The standard InChI is InChI=1S/C31H44O10/c1-9-14(2)28(36)40-24-21-11-29(7,41-18(6)34)22(21)25-30(8)27(39-17(5)33)19-10-15(3)23(38-16(4)32)20(19)12-31(25,13-37-30)26(24)35/h14-15,19-25,27H,9-13H2,1-8H3/t14?,15-,19+,20-,21+,22-,23-,24+,25-,27+,29-,30+,31+/m0/s1. The van der Waals surface area contributed by atoms with Gasteiger partial charge in [0.1, 0.15) is 23.4 Å². The molecule has 0 amide bonds. The van der Waals surface area contributed by atoms with Crippen molar-refractivity contribution in [1.82, 2.24) is 0 Å². The van der Waals surface area contributed by atoms with Gasteiger partial charge in [-0.25, -0.2) is 0 Å². The first-order chi connectivity index (χ1) is 19.1. The number of ether oxygens (including phenoxy) is 5. The van der Waals surface area contributed by atoms with E-state index in [2.05, 4.69) is 0 Å². The van der Waals surface area contributed by atoms with Crippen molar-refractivity contribution in [3.05, 3.63) is 0 Å². The van der Waals surface area contributed by atoms with Crippen LogP contribution in [0.5, 0.6) is 0 Å². The summed E-state index contributed by atoms with van der Waals surface area (Å²) in [6.45, 7) is 13.6. The van der Waals surface area contributed by atoms with E-state index in [-0.39, 0.29) is 47.9 Å². The lowest BCUT2D eigenvalue weighted by molar-refractivity contribution is -0.252. The van der Waals surface area contributed by atoms with E-state index in [9.17, 15) is 24.0 Å². The minimum absolute atomic E-state index is 0.0246. The van der Waals surface area contributed by atoms with Crippen LogP contribution >= 0.6 is 0 Å². The van der Waals surface area contributed by atoms with Crippen molar-refractivity contribution in [2.45, 2.75) is 111 Å². The maximum Gasteiger partial charge on any atom is 0.309 e. The molecule has 0 N–H and O–H groups in total. The third-order valence-corrected chi connectivity index (χ3v) is 11.1. The van der Waals surface area contributed by atoms with E-state index in [1.807, 2.05) is 27.7 Å². The first-order valence-corrected chi connectivity index (χ1v) is 15.0. The maximum atomic E-state index is 14.8. The third-order valence-electron chi connectivity index (χ3n) is 11.1. The first kappa shape index (κ1) is 30.0. The third kappa shape index (κ3) is 4.41. The lowest BCUT2D eigenvalue weighted by Gasteiger charge is -2.63. The fraction of sp³-hybridized carbons (Fsp3) is 0.839. The molecule has 0 aromatic rings. The van der Waals surface area contributed by atoms with Crippen LogP contribution < -0.4 is 0 Å². The Kier molecular flexibility index (Phi) is 7.35. The summed E-state index contributed by atoms with van der Waals surface area (Å²) >= 11 is 0. The Balaban J connectivity index is 1.67. The van der Waals surface area contributed by atoms with E-state index in [0.717, 1.165) is 0 Å². The summed E-state index contributed by atoms with van der Waals surface area (Å²) < 4.78 is 30.5. The summed E-state index contributed by atoms with van der Waals surface area (Å²) in [6.07, 6.45) is -0.307. The van der Waals surface area contributed by atoms with Crippen LogP contribution in [0.15, 0.2) is 0 Å². The van der Waals surface area contributed by atoms with Crippen molar-refractivity contribution in [3.63, 3.8) is 0 Å². The Bertz CT molecular complexity index is 1150. The van der Waals surface area contributed by atoms with Crippen LogP contribution in [-0.4, -0.2) is 65.8 Å². The average Bonchev–Trinajstić information content (AvgIpc) is 3.30. The van der Waals surface area contributed by atoms with Crippen molar-refractivity contribution in [2.24, 2.45) is 46.8 Å². The molecule has 1 aliphatic heterocycles. The van der Waals surface area contributed by atoms with Crippen molar-refractivity contribution in [1.29, 1.82) is 0 Å². The minimum Gasteiger partial charge on any atom is -0.462 e. The van der Waals surface area contributed by atoms with Crippen molar-refractivity contribution < 1.29 is 47.7 Å². The highest BCUT2D eigenvalue weighted by Crippen LogP contribution is 2.71. The van der Waals surface area contributed by atoms with E-state index in [1.54, 1.807) is 6.92 Å². The van der Waals surface area contributed by atoms with Gasteiger partial charge in [0.15, 0.2) is 11.9 Å². The Labute approximate surface area is 241 Å². The van der Waals surface area contributed by atoms with E-state index in [0.29, 0.717) is 25.7 Å². The van der Waals surface area contributed by atoms with Gasteiger partial charge in [-0.05, 0) is 45.4 Å². The molecule has 5 rings (SSSR count). The fourth-order valence-corrected chi connectivity index (χ4v) is 9.51. The predicted molar refractivity (Wildman–Crippen MR) is 143 cm³/mol. The molecule has 10 heteroatoms. The molecule has 0 aromatic heterocycles. The zero-order valence-corrected chi connectivity index (χ0v) is 25.4. The van der Waals surface area contributed by atoms with Crippen LogP contribution in [0, 0.1) is 46.8 Å². The van der Waals surface area contributed by atoms with E-state index in [1.165, 1.54) is 20.8 Å². The average molecular weight is 577 g/mol. The number of carbonyl (C=O) groups excluding carboxylic acids is 5. The second-order valence-corrected chi connectivity index (χ2v) is 13.8. The molecule has 41 heavy (non-hydrogen) atoms. The van der Waals surface area contributed by atoms with Gasteiger partial charge < -0.3 is 23.7 Å².